The Bertz CT molecular complexity index is 916. The van der Waals surface area contributed by atoms with Gasteiger partial charge in [0.05, 0.1) is 17.6 Å². The molecule has 2 aromatic rings. The number of phenols is 2. The van der Waals surface area contributed by atoms with Crippen molar-refractivity contribution in [3.05, 3.63) is 51.0 Å². The number of ether oxygens (including phenoxy) is 1. The monoisotopic (exact) mass is 449 g/mol. The molecule has 1 aliphatic rings. The van der Waals surface area contributed by atoms with Gasteiger partial charge < -0.3 is 19.8 Å². The SMILES string of the molecule is CCc1c(Cl)cccc1N1CCN(CCCCOc2cc(O)c(O)c([N+](=O)[O-])c2)CC1. The van der Waals surface area contributed by atoms with E-state index in [1.54, 1.807) is 0 Å². The number of halogens is 1. The molecule has 0 bridgehead atoms. The summed E-state index contributed by atoms with van der Waals surface area (Å²) in [6.45, 7) is 7.34. The number of nitrogens with zero attached hydrogens (tertiary/aromatic N) is 3. The largest absolute Gasteiger partial charge is 0.504 e. The van der Waals surface area contributed by atoms with Crippen molar-refractivity contribution < 1.29 is 19.9 Å². The van der Waals surface area contributed by atoms with Crippen LogP contribution in [0, 0.1) is 10.1 Å². The zero-order valence-corrected chi connectivity index (χ0v) is 18.3. The van der Waals surface area contributed by atoms with Gasteiger partial charge in [-0.05, 0) is 43.5 Å². The highest BCUT2D eigenvalue weighted by atomic mass is 35.5. The van der Waals surface area contributed by atoms with Crippen molar-refractivity contribution in [2.45, 2.75) is 26.2 Å². The Morgan fingerprint density at radius 2 is 1.90 bits per heavy atom. The van der Waals surface area contributed by atoms with E-state index < -0.39 is 22.1 Å². The van der Waals surface area contributed by atoms with Crippen LogP contribution in [0.15, 0.2) is 30.3 Å². The molecule has 1 fully saturated rings. The van der Waals surface area contributed by atoms with Crippen molar-refractivity contribution in [1.29, 1.82) is 0 Å². The number of hydrogen-bond donors (Lipinski definition) is 2. The van der Waals surface area contributed by atoms with E-state index in [9.17, 15) is 20.3 Å². The quantitative estimate of drug-likeness (QED) is 0.256. The van der Waals surface area contributed by atoms with E-state index in [4.69, 9.17) is 16.3 Å². The molecular formula is C22H28ClN3O5. The van der Waals surface area contributed by atoms with Gasteiger partial charge in [0.25, 0.3) is 0 Å². The smallest absolute Gasteiger partial charge is 0.318 e. The molecule has 0 aliphatic carbocycles. The molecule has 168 valence electrons. The Labute approximate surface area is 186 Å². The molecule has 2 N–H and O–H groups in total. The highest BCUT2D eigenvalue weighted by Gasteiger charge is 2.21. The predicted molar refractivity (Wildman–Crippen MR) is 121 cm³/mol. The first-order valence-electron chi connectivity index (χ1n) is 10.5. The predicted octanol–water partition coefficient (Wildman–Crippen LogP) is 4.20. The number of rotatable bonds is 9. The summed E-state index contributed by atoms with van der Waals surface area (Å²) in [4.78, 5) is 15.0. The van der Waals surface area contributed by atoms with Crippen LogP contribution in [-0.2, 0) is 6.42 Å². The number of anilines is 1. The molecule has 0 saturated carbocycles. The standard InChI is InChI=1S/C22H28ClN3O5/c1-2-17-18(23)6-5-7-19(17)25-11-9-24(10-12-25)8-3-4-13-31-16-14-20(26(29)30)22(28)21(27)15-16/h5-7,14-15,27-28H,2-4,8-13H2,1H3. The van der Waals surface area contributed by atoms with E-state index in [1.165, 1.54) is 17.3 Å². The van der Waals surface area contributed by atoms with E-state index in [0.29, 0.717) is 6.61 Å². The van der Waals surface area contributed by atoms with Crippen molar-refractivity contribution in [2.24, 2.45) is 0 Å². The molecule has 0 amide bonds. The normalized spacial score (nSPS) is 14.6. The van der Waals surface area contributed by atoms with Crippen LogP contribution >= 0.6 is 11.6 Å². The summed E-state index contributed by atoms with van der Waals surface area (Å²) in [5.74, 6) is -1.14. The fourth-order valence-electron chi connectivity index (χ4n) is 3.84. The summed E-state index contributed by atoms with van der Waals surface area (Å²) in [6, 6.07) is 8.39. The van der Waals surface area contributed by atoms with Gasteiger partial charge >= 0.3 is 5.69 Å². The number of piperazine rings is 1. The first kappa shape index (κ1) is 23.0. The van der Waals surface area contributed by atoms with Crippen LogP contribution in [0.4, 0.5) is 11.4 Å². The van der Waals surface area contributed by atoms with Crippen LogP contribution < -0.4 is 9.64 Å². The maximum Gasteiger partial charge on any atom is 0.318 e. The number of phenolic OH excluding ortho intramolecular Hbond substituents is 2. The van der Waals surface area contributed by atoms with Crippen LogP contribution in [0.3, 0.4) is 0 Å². The van der Waals surface area contributed by atoms with Gasteiger partial charge in [-0.2, -0.15) is 0 Å². The van der Waals surface area contributed by atoms with Crippen molar-refractivity contribution in [3.8, 4) is 17.2 Å². The maximum atomic E-state index is 10.9. The molecule has 0 aromatic heterocycles. The van der Waals surface area contributed by atoms with Crippen molar-refractivity contribution in [2.75, 3.05) is 44.2 Å². The Balaban J connectivity index is 1.40. The van der Waals surface area contributed by atoms with Crippen LogP contribution in [0.5, 0.6) is 17.2 Å². The molecule has 1 heterocycles. The molecule has 8 nitrogen and oxygen atoms in total. The van der Waals surface area contributed by atoms with Crippen molar-refractivity contribution >= 4 is 23.0 Å². The molecule has 1 aliphatic heterocycles. The maximum absolute atomic E-state index is 10.9. The van der Waals surface area contributed by atoms with Crippen molar-refractivity contribution in [3.63, 3.8) is 0 Å². The number of unbranched alkanes of at least 4 members (excludes halogenated alkanes) is 1. The third kappa shape index (κ3) is 5.71. The molecule has 9 heteroatoms. The average molecular weight is 450 g/mol. The second kappa shape index (κ2) is 10.5. The topological polar surface area (TPSA) is 99.3 Å². The minimum atomic E-state index is -0.756. The summed E-state index contributed by atoms with van der Waals surface area (Å²) in [6.07, 6.45) is 2.63. The number of nitro benzene ring substituents is 1. The highest BCUT2D eigenvalue weighted by Crippen LogP contribution is 2.38. The summed E-state index contributed by atoms with van der Waals surface area (Å²) in [5.41, 5.74) is 1.86. The Hall–Kier alpha value is -2.71. The van der Waals surface area contributed by atoms with Crippen LogP contribution in [0.2, 0.25) is 5.02 Å². The molecule has 2 aromatic carbocycles. The lowest BCUT2D eigenvalue weighted by Crippen LogP contribution is -2.47. The molecule has 0 unspecified atom stereocenters. The molecule has 31 heavy (non-hydrogen) atoms. The molecule has 0 atom stereocenters. The van der Waals surface area contributed by atoms with Gasteiger partial charge in [0, 0.05) is 43.0 Å². The summed E-state index contributed by atoms with van der Waals surface area (Å²) in [7, 11) is 0. The molecule has 1 saturated heterocycles. The van der Waals surface area contributed by atoms with Gasteiger partial charge in [-0.15, -0.1) is 0 Å². The lowest BCUT2D eigenvalue weighted by Gasteiger charge is -2.37. The Morgan fingerprint density at radius 3 is 2.58 bits per heavy atom. The Kier molecular flexibility index (Phi) is 7.81. The first-order chi connectivity index (χ1) is 14.9. The second-order valence-corrected chi connectivity index (χ2v) is 7.95. The zero-order chi connectivity index (χ0) is 22.4. The first-order valence-corrected chi connectivity index (χ1v) is 10.9. The fraction of sp³-hybridized carbons (Fsp3) is 0.455. The van der Waals surface area contributed by atoms with E-state index in [1.807, 2.05) is 12.1 Å². The minimum Gasteiger partial charge on any atom is -0.504 e. The van der Waals surface area contributed by atoms with E-state index in [0.717, 1.165) is 63.1 Å². The lowest BCUT2D eigenvalue weighted by atomic mass is 10.1. The number of hydrogen-bond acceptors (Lipinski definition) is 7. The molecule has 0 spiro atoms. The number of aromatic hydroxyl groups is 2. The summed E-state index contributed by atoms with van der Waals surface area (Å²) < 4.78 is 5.52. The van der Waals surface area contributed by atoms with Gasteiger partial charge in [-0.1, -0.05) is 24.6 Å². The van der Waals surface area contributed by atoms with Crippen LogP contribution in [0.1, 0.15) is 25.3 Å². The Morgan fingerprint density at radius 1 is 1.16 bits per heavy atom. The minimum absolute atomic E-state index is 0.170. The zero-order valence-electron chi connectivity index (χ0n) is 17.6. The number of nitro groups is 1. The number of benzene rings is 2. The third-order valence-corrected chi connectivity index (χ3v) is 5.89. The van der Waals surface area contributed by atoms with E-state index in [-0.39, 0.29) is 5.75 Å². The molecule has 3 rings (SSSR count). The van der Waals surface area contributed by atoms with E-state index in [2.05, 4.69) is 22.8 Å². The van der Waals surface area contributed by atoms with Gasteiger partial charge in [-0.25, -0.2) is 0 Å². The summed E-state index contributed by atoms with van der Waals surface area (Å²) in [5, 5.41) is 30.9. The van der Waals surface area contributed by atoms with Crippen LogP contribution in [-0.4, -0.2) is 59.4 Å². The lowest BCUT2D eigenvalue weighted by molar-refractivity contribution is -0.386. The average Bonchev–Trinajstić information content (AvgIpc) is 2.76. The van der Waals surface area contributed by atoms with Gasteiger partial charge in [0.2, 0.25) is 5.75 Å². The summed E-state index contributed by atoms with van der Waals surface area (Å²) >= 11 is 6.35. The second-order valence-electron chi connectivity index (χ2n) is 7.54. The van der Waals surface area contributed by atoms with Gasteiger partial charge in [0.1, 0.15) is 5.75 Å². The highest BCUT2D eigenvalue weighted by molar-refractivity contribution is 6.31. The van der Waals surface area contributed by atoms with Crippen molar-refractivity contribution in [1.82, 2.24) is 4.90 Å². The molecular weight excluding hydrogens is 422 g/mol. The van der Waals surface area contributed by atoms with Gasteiger partial charge in [-0.3, -0.25) is 15.0 Å². The van der Waals surface area contributed by atoms with Gasteiger partial charge in [0.15, 0.2) is 5.75 Å². The third-order valence-electron chi connectivity index (χ3n) is 5.54. The fourth-order valence-corrected chi connectivity index (χ4v) is 4.14. The van der Waals surface area contributed by atoms with E-state index >= 15 is 0 Å². The van der Waals surface area contributed by atoms with Crippen LogP contribution in [0.25, 0.3) is 0 Å². The molecule has 0 radical (unpaired) electrons.